The van der Waals surface area contributed by atoms with E-state index in [2.05, 4.69) is 10.2 Å². The van der Waals surface area contributed by atoms with Crippen LogP contribution in [0.15, 0.2) is 42.6 Å². The second kappa shape index (κ2) is 4.53. The molecule has 0 amide bonds. The van der Waals surface area contributed by atoms with Gasteiger partial charge in [0.25, 0.3) is 0 Å². The van der Waals surface area contributed by atoms with Crippen LogP contribution >= 0.6 is 0 Å². The summed E-state index contributed by atoms with van der Waals surface area (Å²) in [6, 6.07) is 11.0. The Labute approximate surface area is 109 Å². The number of carbonyl (C=O) groups is 1. The summed E-state index contributed by atoms with van der Waals surface area (Å²) in [6.45, 7) is 0. The number of aromatic nitrogens is 3. The number of hydrogen-bond donors (Lipinski definition) is 0. The average Bonchev–Trinajstić information content (AvgIpc) is 2.90. The number of fused-ring (bicyclic) bond motifs is 1. The Morgan fingerprint density at radius 3 is 2.89 bits per heavy atom. The first kappa shape index (κ1) is 11.4. The van der Waals surface area contributed by atoms with Gasteiger partial charge in [-0.2, -0.15) is 0 Å². The summed E-state index contributed by atoms with van der Waals surface area (Å²) in [5.74, 6) is 1.48. The Kier molecular flexibility index (Phi) is 2.72. The molecule has 3 aromatic rings. The molecule has 5 heteroatoms. The first-order valence-electron chi connectivity index (χ1n) is 5.76. The molecule has 0 spiro atoms. The second-order valence-electron chi connectivity index (χ2n) is 4.06. The standard InChI is InChI=1S/C14H11N3O2/c1-19-12-4-2-3-11(8-12)14-16-15-13-7-10(9-18)5-6-17(13)14/h2-9H,1H3. The van der Waals surface area contributed by atoms with Crippen molar-refractivity contribution in [1.82, 2.24) is 14.6 Å². The van der Waals surface area contributed by atoms with Crippen LogP contribution in [-0.2, 0) is 0 Å². The molecule has 5 nitrogen and oxygen atoms in total. The Morgan fingerprint density at radius 2 is 2.11 bits per heavy atom. The molecule has 0 fully saturated rings. The van der Waals surface area contributed by atoms with E-state index in [0.717, 1.165) is 17.6 Å². The van der Waals surface area contributed by atoms with Gasteiger partial charge >= 0.3 is 0 Å². The van der Waals surface area contributed by atoms with E-state index in [1.807, 2.05) is 28.7 Å². The van der Waals surface area contributed by atoms with E-state index >= 15 is 0 Å². The van der Waals surface area contributed by atoms with Gasteiger partial charge in [-0.3, -0.25) is 9.20 Å². The Hall–Kier alpha value is -2.69. The molecule has 0 unspecified atom stereocenters. The number of hydrogen-bond acceptors (Lipinski definition) is 4. The number of rotatable bonds is 3. The number of benzene rings is 1. The van der Waals surface area contributed by atoms with E-state index < -0.39 is 0 Å². The lowest BCUT2D eigenvalue weighted by molar-refractivity contribution is 0.112. The van der Waals surface area contributed by atoms with Gasteiger partial charge in [0.15, 0.2) is 11.5 Å². The van der Waals surface area contributed by atoms with Crippen LogP contribution in [0.3, 0.4) is 0 Å². The number of carbonyl (C=O) groups excluding carboxylic acids is 1. The lowest BCUT2D eigenvalue weighted by Crippen LogP contribution is -1.91. The van der Waals surface area contributed by atoms with Crippen molar-refractivity contribution in [2.24, 2.45) is 0 Å². The highest BCUT2D eigenvalue weighted by Gasteiger charge is 2.09. The summed E-state index contributed by atoms with van der Waals surface area (Å²) in [6.07, 6.45) is 2.58. The molecule has 0 aliphatic rings. The summed E-state index contributed by atoms with van der Waals surface area (Å²) < 4.78 is 7.03. The van der Waals surface area contributed by atoms with Crippen LogP contribution in [0, 0.1) is 0 Å². The lowest BCUT2D eigenvalue weighted by atomic mass is 10.2. The molecule has 0 bridgehead atoms. The molecule has 3 rings (SSSR count). The quantitative estimate of drug-likeness (QED) is 0.671. The van der Waals surface area contributed by atoms with Gasteiger partial charge < -0.3 is 4.74 Å². The normalized spacial score (nSPS) is 10.6. The molecule has 0 N–H and O–H groups in total. The maximum Gasteiger partial charge on any atom is 0.168 e. The van der Waals surface area contributed by atoms with Crippen molar-refractivity contribution in [3.05, 3.63) is 48.2 Å². The number of ether oxygens (including phenoxy) is 1. The highest BCUT2D eigenvalue weighted by molar-refractivity contribution is 5.77. The van der Waals surface area contributed by atoms with Crippen molar-refractivity contribution in [2.45, 2.75) is 0 Å². The van der Waals surface area contributed by atoms with E-state index in [-0.39, 0.29) is 0 Å². The van der Waals surface area contributed by atoms with E-state index in [1.54, 1.807) is 25.4 Å². The fourth-order valence-electron chi connectivity index (χ4n) is 1.94. The van der Waals surface area contributed by atoms with Crippen LogP contribution in [0.5, 0.6) is 5.75 Å². The predicted molar refractivity (Wildman–Crippen MR) is 70.4 cm³/mol. The van der Waals surface area contributed by atoms with Crippen LogP contribution in [0.4, 0.5) is 0 Å². The van der Waals surface area contributed by atoms with Gasteiger partial charge in [-0.25, -0.2) is 0 Å². The summed E-state index contributed by atoms with van der Waals surface area (Å²) >= 11 is 0. The van der Waals surface area contributed by atoms with Crippen LogP contribution in [0.2, 0.25) is 0 Å². The molecule has 19 heavy (non-hydrogen) atoms. The van der Waals surface area contributed by atoms with Crippen LogP contribution in [0.1, 0.15) is 10.4 Å². The third-order valence-corrected chi connectivity index (χ3v) is 2.90. The first-order chi connectivity index (χ1) is 9.31. The molecule has 0 saturated carbocycles. The minimum atomic E-state index is 0.581. The van der Waals surface area contributed by atoms with E-state index in [1.165, 1.54) is 0 Å². The number of aldehydes is 1. The highest BCUT2D eigenvalue weighted by atomic mass is 16.5. The number of methoxy groups -OCH3 is 1. The Morgan fingerprint density at radius 1 is 1.21 bits per heavy atom. The third-order valence-electron chi connectivity index (χ3n) is 2.90. The molecular weight excluding hydrogens is 242 g/mol. The summed E-state index contributed by atoms with van der Waals surface area (Å²) in [7, 11) is 1.62. The van der Waals surface area contributed by atoms with Crippen molar-refractivity contribution < 1.29 is 9.53 Å². The highest BCUT2D eigenvalue weighted by Crippen LogP contribution is 2.22. The van der Waals surface area contributed by atoms with Crippen LogP contribution in [-0.4, -0.2) is 28.0 Å². The summed E-state index contributed by atoms with van der Waals surface area (Å²) in [5, 5.41) is 8.23. The van der Waals surface area contributed by atoms with Gasteiger partial charge in [0.1, 0.15) is 12.0 Å². The van der Waals surface area contributed by atoms with Gasteiger partial charge in [-0.1, -0.05) is 12.1 Å². The zero-order valence-corrected chi connectivity index (χ0v) is 10.3. The number of pyridine rings is 1. The molecule has 2 aromatic heterocycles. The molecule has 0 aliphatic heterocycles. The van der Waals surface area contributed by atoms with Crippen molar-refractivity contribution >= 4 is 11.9 Å². The second-order valence-corrected chi connectivity index (χ2v) is 4.06. The Balaban J connectivity index is 2.16. The van der Waals surface area contributed by atoms with Gasteiger partial charge in [-0.05, 0) is 24.3 Å². The molecule has 0 saturated heterocycles. The van der Waals surface area contributed by atoms with Crippen molar-refractivity contribution in [1.29, 1.82) is 0 Å². The SMILES string of the molecule is COc1cccc(-c2nnc3cc(C=O)ccn23)c1. The maximum absolute atomic E-state index is 10.7. The average molecular weight is 253 g/mol. The zero-order chi connectivity index (χ0) is 13.2. The fourth-order valence-corrected chi connectivity index (χ4v) is 1.94. The molecule has 0 atom stereocenters. The van der Waals surface area contributed by atoms with E-state index in [0.29, 0.717) is 17.0 Å². The van der Waals surface area contributed by atoms with E-state index in [4.69, 9.17) is 4.74 Å². The zero-order valence-electron chi connectivity index (χ0n) is 10.3. The van der Waals surface area contributed by atoms with E-state index in [9.17, 15) is 4.79 Å². The van der Waals surface area contributed by atoms with Gasteiger partial charge in [0.2, 0.25) is 0 Å². The summed E-state index contributed by atoms with van der Waals surface area (Å²) in [4.78, 5) is 10.7. The van der Waals surface area contributed by atoms with Crippen molar-refractivity contribution in [3.63, 3.8) is 0 Å². The Bertz CT molecular complexity index is 749. The van der Waals surface area contributed by atoms with Crippen LogP contribution < -0.4 is 4.74 Å². The molecule has 2 heterocycles. The topological polar surface area (TPSA) is 56.5 Å². The van der Waals surface area contributed by atoms with Crippen LogP contribution in [0.25, 0.3) is 17.0 Å². The molecule has 0 radical (unpaired) electrons. The van der Waals surface area contributed by atoms with Gasteiger partial charge in [0, 0.05) is 17.3 Å². The van der Waals surface area contributed by atoms with Crippen molar-refractivity contribution in [3.8, 4) is 17.1 Å². The minimum absolute atomic E-state index is 0.581. The number of nitrogens with zero attached hydrogens (tertiary/aromatic N) is 3. The van der Waals surface area contributed by atoms with Crippen molar-refractivity contribution in [2.75, 3.05) is 7.11 Å². The summed E-state index contributed by atoms with van der Waals surface area (Å²) in [5.41, 5.74) is 2.13. The fraction of sp³-hybridized carbons (Fsp3) is 0.0714. The molecule has 0 aliphatic carbocycles. The van der Waals surface area contributed by atoms with Gasteiger partial charge in [0.05, 0.1) is 7.11 Å². The van der Waals surface area contributed by atoms with Gasteiger partial charge in [-0.15, -0.1) is 10.2 Å². The first-order valence-corrected chi connectivity index (χ1v) is 5.76. The smallest absolute Gasteiger partial charge is 0.168 e. The predicted octanol–water partition coefficient (Wildman–Crippen LogP) is 2.22. The largest absolute Gasteiger partial charge is 0.497 e. The molecule has 1 aromatic carbocycles. The lowest BCUT2D eigenvalue weighted by Gasteiger charge is -2.03. The minimum Gasteiger partial charge on any atom is -0.497 e. The maximum atomic E-state index is 10.7. The molecular formula is C14H11N3O2. The molecule has 94 valence electrons. The third kappa shape index (κ3) is 1.95. The monoisotopic (exact) mass is 253 g/mol.